The molecule has 0 unspecified atom stereocenters. The number of hydrogen-bond acceptors (Lipinski definition) is 5. The third-order valence-electron chi connectivity index (χ3n) is 5.44. The monoisotopic (exact) mass is 425 g/mol. The quantitative estimate of drug-likeness (QED) is 0.718. The van der Waals surface area contributed by atoms with Crippen LogP contribution >= 0.6 is 0 Å². The highest BCUT2D eigenvalue weighted by atomic mass is 19.1. The number of hydrogen-bond donors (Lipinski definition) is 1. The summed E-state index contributed by atoms with van der Waals surface area (Å²) in [4.78, 5) is 28.9. The molecule has 31 heavy (non-hydrogen) atoms. The molecule has 1 aliphatic rings. The van der Waals surface area contributed by atoms with Gasteiger partial charge in [-0.15, -0.1) is 0 Å². The van der Waals surface area contributed by atoms with Gasteiger partial charge in [-0.25, -0.2) is 9.18 Å². The fourth-order valence-electron chi connectivity index (χ4n) is 3.71. The molecule has 0 atom stereocenters. The largest absolute Gasteiger partial charge is 0.494 e. The van der Waals surface area contributed by atoms with Crippen LogP contribution in [0.4, 0.5) is 14.9 Å². The Morgan fingerprint density at radius 1 is 1.23 bits per heavy atom. The van der Waals surface area contributed by atoms with Gasteiger partial charge in [-0.05, 0) is 55.3 Å². The molecular weight excluding hydrogens is 401 g/mol. The molecule has 2 amide bonds. The molecule has 1 aliphatic heterocycles. The molecule has 7 nitrogen and oxygen atoms in total. The zero-order valence-corrected chi connectivity index (χ0v) is 17.3. The van der Waals surface area contributed by atoms with E-state index >= 15 is 0 Å². The van der Waals surface area contributed by atoms with E-state index in [-0.39, 0.29) is 36.6 Å². The number of urea groups is 1. The van der Waals surface area contributed by atoms with Crippen molar-refractivity contribution >= 4 is 17.5 Å². The molecule has 0 bridgehead atoms. The van der Waals surface area contributed by atoms with E-state index in [1.54, 1.807) is 35.2 Å². The lowest BCUT2D eigenvalue weighted by atomic mass is 9.89. The molecule has 0 radical (unpaired) electrons. The van der Waals surface area contributed by atoms with Gasteiger partial charge in [0.15, 0.2) is 17.3 Å². The van der Waals surface area contributed by atoms with Crippen molar-refractivity contribution < 1.29 is 23.8 Å². The second-order valence-corrected chi connectivity index (χ2v) is 7.29. The van der Waals surface area contributed by atoms with Gasteiger partial charge >= 0.3 is 6.03 Å². The Kier molecular flexibility index (Phi) is 7.21. The Bertz CT molecular complexity index is 979. The lowest BCUT2D eigenvalue weighted by Gasteiger charge is -2.35. The van der Waals surface area contributed by atoms with Crippen molar-refractivity contribution in [2.75, 3.05) is 38.3 Å². The first-order valence-corrected chi connectivity index (χ1v) is 10.0. The summed E-state index contributed by atoms with van der Waals surface area (Å²) in [5.41, 5.74) is 1.36. The normalized spacial score (nSPS) is 14.1. The minimum Gasteiger partial charge on any atom is -0.494 e. The maximum atomic E-state index is 13.9. The second-order valence-electron chi connectivity index (χ2n) is 7.29. The smallest absolute Gasteiger partial charge is 0.324 e. The van der Waals surface area contributed by atoms with E-state index in [2.05, 4.69) is 0 Å². The summed E-state index contributed by atoms with van der Waals surface area (Å²) < 4.78 is 18.8. The van der Waals surface area contributed by atoms with Crippen molar-refractivity contribution in [3.63, 3.8) is 0 Å². The minimum absolute atomic E-state index is 0.0868. The number of likely N-dealkylation sites (tertiary alicyclic amines) is 1. The van der Waals surface area contributed by atoms with Crippen molar-refractivity contribution in [2.45, 2.75) is 12.8 Å². The number of ketones is 1. The zero-order valence-electron chi connectivity index (χ0n) is 17.3. The number of nitrogens with zero attached hydrogens (tertiary/aromatic N) is 3. The van der Waals surface area contributed by atoms with Gasteiger partial charge in [0, 0.05) is 30.3 Å². The van der Waals surface area contributed by atoms with Crippen LogP contribution < -0.4 is 9.64 Å². The van der Waals surface area contributed by atoms with E-state index in [0.29, 0.717) is 42.7 Å². The Hall–Kier alpha value is -3.44. The van der Waals surface area contributed by atoms with Gasteiger partial charge < -0.3 is 14.7 Å². The lowest BCUT2D eigenvalue weighted by Crippen LogP contribution is -2.48. The summed E-state index contributed by atoms with van der Waals surface area (Å²) in [6, 6.07) is 12.5. The number of aliphatic hydroxyl groups excluding tert-OH is 1. The van der Waals surface area contributed by atoms with E-state index < -0.39 is 5.82 Å². The van der Waals surface area contributed by atoms with Gasteiger partial charge in [0.25, 0.3) is 0 Å². The number of Topliss-reactive ketones (excluding diaryl/α,β-unsaturated/α-hetero) is 1. The number of aliphatic hydroxyl groups is 1. The molecule has 1 N–H and O–H groups in total. The van der Waals surface area contributed by atoms with Crippen molar-refractivity contribution in [1.29, 1.82) is 5.26 Å². The first-order valence-electron chi connectivity index (χ1n) is 10.0. The first-order chi connectivity index (χ1) is 15.0. The Morgan fingerprint density at radius 2 is 1.90 bits per heavy atom. The predicted molar refractivity (Wildman–Crippen MR) is 113 cm³/mol. The molecule has 2 aromatic carbocycles. The van der Waals surface area contributed by atoms with E-state index in [4.69, 9.17) is 10.00 Å². The van der Waals surface area contributed by atoms with Gasteiger partial charge in [-0.2, -0.15) is 5.26 Å². The van der Waals surface area contributed by atoms with Crippen molar-refractivity contribution in [1.82, 2.24) is 4.90 Å². The standard InChI is InChI=1S/C23H24FN3O4/c1-31-21-7-4-18(14-20(21)24)22(29)17-8-10-26(11-9-17)23(30)27(12-13-28)19-5-2-16(15-25)3-6-19/h2-7,14,17,28H,8-13H2,1H3. The molecule has 1 heterocycles. The Labute approximate surface area is 180 Å². The number of rotatable bonds is 6. The third kappa shape index (κ3) is 5.01. The molecule has 162 valence electrons. The number of benzene rings is 2. The van der Waals surface area contributed by atoms with Gasteiger partial charge in [0.05, 0.1) is 31.9 Å². The van der Waals surface area contributed by atoms with Gasteiger partial charge in [0.2, 0.25) is 0 Å². The summed E-state index contributed by atoms with van der Waals surface area (Å²) >= 11 is 0. The predicted octanol–water partition coefficient (Wildman–Crippen LogP) is 3.22. The van der Waals surface area contributed by atoms with Crippen molar-refractivity contribution in [3.05, 3.63) is 59.4 Å². The number of halogens is 1. The van der Waals surface area contributed by atoms with Crippen LogP contribution in [0, 0.1) is 23.1 Å². The van der Waals surface area contributed by atoms with Crippen LogP contribution in [0.15, 0.2) is 42.5 Å². The van der Waals surface area contributed by atoms with Crippen LogP contribution in [0.2, 0.25) is 0 Å². The Balaban J connectivity index is 1.65. The summed E-state index contributed by atoms with van der Waals surface area (Å²) in [7, 11) is 1.37. The summed E-state index contributed by atoms with van der Waals surface area (Å²) in [6.07, 6.45) is 0.942. The number of anilines is 1. The van der Waals surface area contributed by atoms with E-state index in [1.807, 2.05) is 6.07 Å². The van der Waals surface area contributed by atoms with E-state index in [1.165, 1.54) is 24.1 Å². The molecule has 0 spiro atoms. The zero-order chi connectivity index (χ0) is 22.4. The summed E-state index contributed by atoms with van der Waals surface area (Å²) in [5.74, 6) is -0.933. The average Bonchev–Trinajstić information content (AvgIpc) is 2.82. The topological polar surface area (TPSA) is 93.9 Å². The fourth-order valence-corrected chi connectivity index (χ4v) is 3.71. The van der Waals surface area contributed by atoms with Gasteiger partial charge in [-0.3, -0.25) is 9.69 Å². The van der Waals surface area contributed by atoms with Crippen LogP contribution in [-0.4, -0.2) is 55.2 Å². The highest BCUT2D eigenvalue weighted by Crippen LogP contribution is 2.26. The maximum Gasteiger partial charge on any atom is 0.324 e. The van der Waals surface area contributed by atoms with Crippen LogP contribution in [0.1, 0.15) is 28.8 Å². The molecule has 0 saturated carbocycles. The molecule has 1 saturated heterocycles. The molecule has 0 aromatic heterocycles. The van der Waals surface area contributed by atoms with E-state index in [0.717, 1.165) is 0 Å². The SMILES string of the molecule is COc1ccc(C(=O)C2CCN(C(=O)N(CCO)c3ccc(C#N)cc3)CC2)cc1F. The number of amides is 2. The van der Waals surface area contributed by atoms with Crippen LogP contribution in [-0.2, 0) is 0 Å². The van der Waals surface area contributed by atoms with Gasteiger partial charge in [-0.1, -0.05) is 0 Å². The highest BCUT2D eigenvalue weighted by Gasteiger charge is 2.30. The van der Waals surface area contributed by atoms with Crippen LogP contribution in [0.5, 0.6) is 5.75 Å². The van der Waals surface area contributed by atoms with Crippen molar-refractivity contribution in [2.24, 2.45) is 5.92 Å². The Morgan fingerprint density at radius 3 is 2.45 bits per heavy atom. The first kappa shape index (κ1) is 22.2. The molecule has 2 aromatic rings. The molecule has 0 aliphatic carbocycles. The maximum absolute atomic E-state index is 13.9. The average molecular weight is 425 g/mol. The third-order valence-corrected chi connectivity index (χ3v) is 5.44. The fraction of sp³-hybridized carbons (Fsp3) is 0.348. The number of piperidine rings is 1. The van der Waals surface area contributed by atoms with E-state index in [9.17, 15) is 19.1 Å². The van der Waals surface area contributed by atoms with Crippen LogP contribution in [0.25, 0.3) is 0 Å². The van der Waals surface area contributed by atoms with Gasteiger partial charge in [0.1, 0.15) is 0 Å². The van der Waals surface area contributed by atoms with Crippen LogP contribution in [0.3, 0.4) is 0 Å². The lowest BCUT2D eigenvalue weighted by molar-refractivity contribution is 0.0856. The number of nitriles is 1. The molecule has 3 rings (SSSR count). The number of methoxy groups -OCH3 is 1. The number of carbonyl (C=O) groups is 2. The summed E-state index contributed by atoms with van der Waals surface area (Å²) in [6.45, 7) is 0.677. The summed E-state index contributed by atoms with van der Waals surface area (Å²) in [5, 5.41) is 18.3. The second kappa shape index (κ2) is 10.0. The number of ether oxygens (including phenoxy) is 1. The number of carbonyl (C=O) groups excluding carboxylic acids is 2. The molecular formula is C23H24FN3O4. The van der Waals surface area contributed by atoms with Crippen molar-refractivity contribution in [3.8, 4) is 11.8 Å². The molecule has 8 heteroatoms. The highest BCUT2D eigenvalue weighted by molar-refractivity contribution is 5.98. The molecule has 1 fully saturated rings. The minimum atomic E-state index is -0.581.